The van der Waals surface area contributed by atoms with Gasteiger partial charge in [-0.1, -0.05) is 113 Å². The Labute approximate surface area is 618 Å². The molecular formula is C62H80Cs2F2IN5O10. The van der Waals surface area contributed by atoms with Gasteiger partial charge in [-0.3, -0.25) is 9.69 Å². The number of aliphatic hydroxyl groups is 2. The molecule has 0 unspecified atom stereocenters. The number of carbonyl (C=O) groups excluding carboxylic acids is 2. The van der Waals surface area contributed by atoms with Crippen molar-refractivity contribution in [2.24, 2.45) is 0 Å². The maximum Gasteiger partial charge on any atom is 1.00 e. The number of rotatable bonds is 15. The van der Waals surface area contributed by atoms with Crippen LogP contribution < -0.4 is 154 Å². The molecule has 3 fully saturated rings. The quantitative estimate of drug-likeness (QED) is 0.0247. The van der Waals surface area contributed by atoms with Gasteiger partial charge >= 0.3 is 144 Å². The Balaban J connectivity index is 0.000000568. The number of halogens is 3. The Morgan fingerprint density at radius 3 is 1.61 bits per heavy atom. The van der Waals surface area contributed by atoms with Crippen LogP contribution in [0.5, 0.6) is 0 Å². The summed E-state index contributed by atoms with van der Waals surface area (Å²) in [4.78, 5) is 30.9. The normalized spacial score (nSPS) is 17.7. The third kappa shape index (κ3) is 30.5. The molecule has 0 radical (unpaired) electrons. The van der Waals surface area contributed by atoms with Crippen molar-refractivity contribution < 1.29 is 197 Å². The monoisotopic (exact) mass is 1490 g/mol. The van der Waals surface area contributed by atoms with Gasteiger partial charge in [-0.05, 0) is 122 Å². The fourth-order valence-electron chi connectivity index (χ4n) is 9.47. The molecule has 5 heterocycles. The summed E-state index contributed by atoms with van der Waals surface area (Å²) in [5.41, 5.74) is 7.00. The van der Waals surface area contributed by atoms with Crippen molar-refractivity contribution in [3.8, 4) is 37.0 Å². The molecule has 5 aliphatic heterocycles. The zero-order valence-electron chi connectivity index (χ0n) is 48.7. The van der Waals surface area contributed by atoms with E-state index in [2.05, 4.69) is 96.0 Å². The molecule has 15 nitrogen and oxygen atoms in total. The zero-order chi connectivity index (χ0) is 57.6. The molecule has 3 saturated heterocycles. The smallest absolute Gasteiger partial charge is 1.00 e. The summed E-state index contributed by atoms with van der Waals surface area (Å²) in [5.74, 6) is 6.81. The van der Waals surface area contributed by atoms with Gasteiger partial charge in [0.05, 0.1) is 44.1 Å². The van der Waals surface area contributed by atoms with Crippen LogP contribution in [0.25, 0.3) is 0 Å². The molecule has 0 aromatic heterocycles. The number of likely N-dealkylation sites (tertiary alicyclic amines) is 2. The molecule has 4 aromatic carbocycles. The second kappa shape index (κ2) is 47.6. The van der Waals surface area contributed by atoms with Crippen molar-refractivity contribution in [3.63, 3.8) is 0 Å². The first-order valence-electron chi connectivity index (χ1n) is 27.3. The number of alkyl halides is 1. The fraction of sp³-hybridized carbons (Fsp3) is 0.484. The maximum absolute atomic E-state index is 13.5. The predicted molar refractivity (Wildman–Crippen MR) is 313 cm³/mol. The van der Waals surface area contributed by atoms with Crippen molar-refractivity contribution in [2.75, 3.05) is 110 Å². The van der Waals surface area contributed by atoms with Gasteiger partial charge < -0.3 is 61.2 Å². The number of nitrogens with one attached hydrogen (secondary N) is 2. The number of benzene rings is 4. The standard InChI is InChI=1S/C26H29FN2O3.C15H14FN.C10H17NO2.C5H7IO.C5H11NO.CH2O3.2Cs.H/c1-2-18-31-19-17-28-14-12-23(13-15-28)32-26(30)29-16-11-20-5-3-4-6-24(20)25(29)21-7-9-22(27)10-8-21;16-13-7-5-12(6-8-13)15-14-4-2-1-3-11(14)9-10-17-15;1-2-8-13-9-7-11-5-3-10(12)4-6-11;1-2-4-7-5-3-6;7-5-1-3-6-4-2-5;2-1-4-3;;;/h1,3-10,23,25H,11-19H2;1-8,15,17H,9-10H2;1,10,12H,3-9H2;1H,3-5H2;5-7H,1-4H2;1,3H;;;/q;;;;;;2*+1;-1/p-1/t25-;15-;;;;;;;/m00......./s1. The van der Waals surface area contributed by atoms with Crippen LogP contribution in [0.15, 0.2) is 97.1 Å². The summed E-state index contributed by atoms with van der Waals surface area (Å²) in [5, 5.41) is 33.2. The topological polar surface area (TPSA) is 178 Å². The van der Waals surface area contributed by atoms with Crippen molar-refractivity contribution in [3.05, 3.63) is 142 Å². The van der Waals surface area contributed by atoms with E-state index < -0.39 is 0 Å². The summed E-state index contributed by atoms with van der Waals surface area (Å²) in [6, 6.07) is 29.7. The predicted octanol–water partition coefficient (Wildman–Crippen LogP) is 0.535. The first-order valence-corrected chi connectivity index (χ1v) is 28.8. The maximum atomic E-state index is 13.5. The van der Waals surface area contributed by atoms with Gasteiger partial charge in [-0.2, -0.15) is 0 Å². The second-order valence-electron chi connectivity index (χ2n) is 19.1. The van der Waals surface area contributed by atoms with Gasteiger partial charge in [-0.15, -0.1) is 19.3 Å². The average Bonchev–Trinajstić information content (AvgIpc) is 3.70. The number of amides is 1. The van der Waals surface area contributed by atoms with Crippen LogP contribution in [0.1, 0.15) is 85.4 Å². The van der Waals surface area contributed by atoms with Gasteiger partial charge in [0.1, 0.15) is 37.6 Å². The number of hydrogen-bond donors (Lipinski definition) is 4. The van der Waals surface area contributed by atoms with Crippen LogP contribution in [0, 0.1) is 48.7 Å². The van der Waals surface area contributed by atoms with E-state index in [-0.39, 0.29) is 194 Å². The van der Waals surface area contributed by atoms with Gasteiger partial charge in [0.15, 0.2) is 0 Å². The molecule has 0 saturated carbocycles. The minimum absolute atomic E-state index is 0. The number of piperidine rings is 3. The van der Waals surface area contributed by atoms with Crippen LogP contribution in [-0.4, -0.2) is 165 Å². The van der Waals surface area contributed by atoms with E-state index in [1.807, 2.05) is 30.3 Å². The Kier molecular flexibility index (Phi) is 44.6. The number of carbonyl (C=O) groups is 2. The van der Waals surface area contributed by atoms with E-state index in [4.69, 9.17) is 53.4 Å². The Morgan fingerprint density at radius 1 is 0.659 bits per heavy atom. The second-order valence-corrected chi connectivity index (χ2v) is 20.2. The van der Waals surface area contributed by atoms with Crippen LogP contribution in [0.3, 0.4) is 0 Å². The summed E-state index contributed by atoms with van der Waals surface area (Å²) in [7, 11) is 0. The molecule has 436 valence electrons. The van der Waals surface area contributed by atoms with E-state index in [0.29, 0.717) is 39.6 Å². The molecule has 0 bridgehead atoms. The van der Waals surface area contributed by atoms with Crippen molar-refractivity contribution >= 4 is 35.2 Å². The molecule has 2 atom stereocenters. The SMILES string of the molecule is C#CCOCCI.C#CCOCCN1CCC(O)CC1.C#CCOCCN1CCC(OC(=O)N2CCc3ccccc3[C@@H]2c2ccc(F)cc2)CC1.Fc1ccc([C@@H]2NCCc3ccccc32)cc1.O=CO[O-].OC1CCNCC1.[Cs+].[Cs+].[H-]. The number of ether oxygens (including phenoxy) is 4. The van der Waals surface area contributed by atoms with Crippen molar-refractivity contribution in [1.82, 2.24) is 25.3 Å². The van der Waals surface area contributed by atoms with E-state index >= 15 is 0 Å². The third-order valence-corrected chi connectivity index (χ3v) is 14.0. The number of nitrogens with zero attached hydrogens (tertiary/aromatic N) is 3. The minimum atomic E-state index is -0.301. The molecule has 82 heavy (non-hydrogen) atoms. The van der Waals surface area contributed by atoms with Crippen LogP contribution in [0.4, 0.5) is 13.6 Å². The molecule has 9 rings (SSSR count). The summed E-state index contributed by atoms with van der Waals surface area (Å²) in [6.45, 7) is 12.0. The van der Waals surface area contributed by atoms with Gasteiger partial charge in [0.2, 0.25) is 0 Å². The van der Waals surface area contributed by atoms with Gasteiger partial charge in [0.25, 0.3) is 6.47 Å². The molecule has 0 aliphatic carbocycles. The first kappa shape index (κ1) is 76.7. The molecule has 4 N–H and O–H groups in total. The number of hydrogen-bond acceptors (Lipinski definition) is 14. The summed E-state index contributed by atoms with van der Waals surface area (Å²) < 4.78 is 48.8. The van der Waals surface area contributed by atoms with Crippen molar-refractivity contribution in [1.29, 1.82) is 0 Å². The first-order chi connectivity index (χ1) is 39.0. The van der Waals surface area contributed by atoms with E-state index in [0.717, 1.165) is 138 Å². The molecule has 5 aliphatic rings. The molecule has 4 aromatic rings. The average molecular weight is 1490 g/mol. The van der Waals surface area contributed by atoms with Crippen LogP contribution >= 0.6 is 22.6 Å². The number of fused-ring (bicyclic) bond motifs is 2. The zero-order valence-corrected chi connectivity index (χ0v) is 62.5. The largest absolute Gasteiger partial charge is 1.00 e. The summed E-state index contributed by atoms with van der Waals surface area (Å²) in [6.07, 6.45) is 21.7. The summed E-state index contributed by atoms with van der Waals surface area (Å²) >= 11 is 2.23. The Hall–Kier alpha value is -1.41. The third-order valence-electron chi connectivity index (χ3n) is 13.6. The molecular weight excluding hydrogens is 1410 g/mol. The van der Waals surface area contributed by atoms with Crippen LogP contribution in [-0.2, 0) is 41.5 Å². The van der Waals surface area contributed by atoms with E-state index in [9.17, 15) is 18.7 Å². The van der Waals surface area contributed by atoms with E-state index in [1.54, 1.807) is 17.0 Å². The Morgan fingerprint density at radius 2 is 1.12 bits per heavy atom. The number of terminal acetylenes is 3. The molecule has 0 spiro atoms. The Bertz CT molecular complexity index is 2470. The minimum Gasteiger partial charge on any atom is -1.00 e. The number of aliphatic hydroxyl groups excluding tert-OH is 2. The van der Waals surface area contributed by atoms with Gasteiger partial charge in [0, 0.05) is 56.8 Å². The van der Waals surface area contributed by atoms with Crippen molar-refractivity contribution in [2.45, 2.75) is 81.8 Å². The molecule has 20 heteroatoms. The fourth-order valence-corrected chi connectivity index (χ4v) is 9.78. The van der Waals surface area contributed by atoms with Crippen LogP contribution in [0.2, 0.25) is 0 Å². The van der Waals surface area contributed by atoms with Gasteiger partial charge in [-0.25, -0.2) is 13.6 Å². The van der Waals surface area contributed by atoms with E-state index in [1.165, 1.54) is 41.0 Å². The molecule has 1 amide bonds.